The van der Waals surface area contributed by atoms with Gasteiger partial charge >= 0.3 is 6.09 Å². The van der Waals surface area contributed by atoms with E-state index in [1.54, 1.807) is 0 Å². The zero-order valence-electron chi connectivity index (χ0n) is 12.5. The molecule has 0 bridgehead atoms. The molecule has 4 nitrogen and oxygen atoms in total. The molecule has 0 aromatic heterocycles. The molecule has 2 unspecified atom stereocenters. The third-order valence-corrected chi connectivity index (χ3v) is 4.45. The number of likely N-dealkylation sites (tertiary alicyclic amines) is 1. The van der Waals surface area contributed by atoms with Gasteiger partial charge in [-0.3, -0.25) is 0 Å². The van der Waals surface area contributed by atoms with Crippen molar-refractivity contribution in [3.63, 3.8) is 0 Å². The molecule has 2 rings (SSSR count). The van der Waals surface area contributed by atoms with Gasteiger partial charge in [0.2, 0.25) is 0 Å². The van der Waals surface area contributed by atoms with Crippen LogP contribution in [0.15, 0.2) is 0 Å². The van der Waals surface area contributed by atoms with Crippen molar-refractivity contribution in [3.8, 4) is 0 Å². The molecule has 19 heavy (non-hydrogen) atoms. The van der Waals surface area contributed by atoms with Crippen LogP contribution in [0.25, 0.3) is 0 Å². The number of rotatable bonds is 2. The SMILES string of the molecule is CC(C)(C)OC(=O)N1CC(CN)C(C2CCCC2)C1. The lowest BCUT2D eigenvalue weighted by atomic mass is 9.83. The van der Waals surface area contributed by atoms with Crippen LogP contribution in [0.1, 0.15) is 46.5 Å². The molecule has 2 atom stereocenters. The Morgan fingerprint density at radius 3 is 2.42 bits per heavy atom. The van der Waals surface area contributed by atoms with Gasteiger partial charge in [-0.1, -0.05) is 25.7 Å². The van der Waals surface area contributed by atoms with Crippen molar-refractivity contribution in [2.75, 3.05) is 19.6 Å². The van der Waals surface area contributed by atoms with Gasteiger partial charge in [0.05, 0.1) is 0 Å². The number of amides is 1. The van der Waals surface area contributed by atoms with Crippen LogP contribution in [0.2, 0.25) is 0 Å². The summed E-state index contributed by atoms with van der Waals surface area (Å²) in [6, 6.07) is 0. The van der Waals surface area contributed by atoms with E-state index in [1.807, 2.05) is 25.7 Å². The highest BCUT2D eigenvalue weighted by Crippen LogP contribution is 2.39. The summed E-state index contributed by atoms with van der Waals surface area (Å²) >= 11 is 0. The minimum atomic E-state index is -0.416. The Morgan fingerprint density at radius 2 is 1.89 bits per heavy atom. The van der Waals surface area contributed by atoms with Crippen LogP contribution in [-0.4, -0.2) is 36.2 Å². The van der Waals surface area contributed by atoms with Crippen LogP contribution >= 0.6 is 0 Å². The fourth-order valence-corrected chi connectivity index (χ4v) is 3.54. The highest BCUT2D eigenvalue weighted by molar-refractivity contribution is 5.68. The van der Waals surface area contributed by atoms with Crippen molar-refractivity contribution in [2.45, 2.75) is 52.1 Å². The van der Waals surface area contributed by atoms with Gasteiger partial charge in [-0.15, -0.1) is 0 Å². The molecular weight excluding hydrogens is 240 g/mol. The zero-order chi connectivity index (χ0) is 14.0. The van der Waals surface area contributed by atoms with E-state index < -0.39 is 5.60 Å². The lowest BCUT2D eigenvalue weighted by Crippen LogP contribution is -2.36. The highest BCUT2D eigenvalue weighted by Gasteiger charge is 2.40. The van der Waals surface area contributed by atoms with Gasteiger partial charge in [0.25, 0.3) is 0 Å². The number of hydrogen-bond acceptors (Lipinski definition) is 3. The average Bonchev–Trinajstić information content (AvgIpc) is 2.95. The van der Waals surface area contributed by atoms with E-state index in [-0.39, 0.29) is 6.09 Å². The number of carbonyl (C=O) groups excluding carboxylic acids is 1. The molecule has 0 aromatic rings. The van der Waals surface area contributed by atoms with Crippen LogP contribution in [0.5, 0.6) is 0 Å². The van der Waals surface area contributed by atoms with Crippen LogP contribution in [0.4, 0.5) is 4.79 Å². The van der Waals surface area contributed by atoms with Gasteiger partial charge < -0.3 is 15.4 Å². The Balaban J connectivity index is 1.96. The number of nitrogens with zero attached hydrogens (tertiary/aromatic N) is 1. The standard InChI is InChI=1S/C15H28N2O2/c1-15(2,3)19-14(18)17-9-12(8-16)13(10-17)11-6-4-5-7-11/h11-13H,4-10,16H2,1-3H3. The first-order chi connectivity index (χ1) is 8.90. The van der Waals surface area contributed by atoms with Gasteiger partial charge in [0.1, 0.15) is 5.60 Å². The summed E-state index contributed by atoms with van der Waals surface area (Å²) in [6.45, 7) is 8.02. The number of hydrogen-bond donors (Lipinski definition) is 1. The summed E-state index contributed by atoms with van der Waals surface area (Å²) in [5.41, 5.74) is 5.49. The van der Waals surface area contributed by atoms with Gasteiger partial charge in [0, 0.05) is 13.1 Å². The number of carbonyl (C=O) groups is 1. The average molecular weight is 268 g/mol. The van der Waals surface area contributed by atoms with E-state index in [1.165, 1.54) is 25.7 Å². The normalized spacial score (nSPS) is 28.9. The molecule has 4 heteroatoms. The fraction of sp³-hybridized carbons (Fsp3) is 0.933. The summed E-state index contributed by atoms with van der Waals surface area (Å²) in [5, 5.41) is 0. The topological polar surface area (TPSA) is 55.6 Å². The minimum Gasteiger partial charge on any atom is -0.444 e. The maximum Gasteiger partial charge on any atom is 0.410 e. The maximum atomic E-state index is 12.1. The minimum absolute atomic E-state index is 0.175. The molecular formula is C15H28N2O2. The Bertz CT molecular complexity index is 319. The van der Waals surface area contributed by atoms with E-state index in [4.69, 9.17) is 10.5 Å². The second-order valence-corrected chi connectivity index (χ2v) is 7.09. The highest BCUT2D eigenvalue weighted by atomic mass is 16.6. The van der Waals surface area contributed by atoms with Gasteiger partial charge in [0.15, 0.2) is 0 Å². The lowest BCUT2D eigenvalue weighted by molar-refractivity contribution is 0.0281. The molecule has 2 fully saturated rings. The van der Waals surface area contributed by atoms with Crippen molar-refractivity contribution in [1.29, 1.82) is 0 Å². The van der Waals surface area contributed by atoms with E-state index >= 15 is 0 Å². The van der Waals surface area contributed by atoms with E-state index in [0.29, 0.717) is 18.4 Å². The van der Waals surface area contributed by atoms with Crippen molar-refractivity contribution >= 4 is 6.09 Å². The summed E-state index contributed by atoms with van der Waals surface area (Å²) in [6.07, 6.45) is 5.12. The number of nitrogens with two attached hydrogens (primary N) is 1. The molecule has 1 saturated heterocycles. The van der Waals surface area contributed by atoms with Gasteiger partial charge in [-0.2, -0.15) is 0 Å². The third-order valence-electron chi connectivity index (χ3n) is 4.45. The van der Waals surface area contributed by atoms with Crippen LogP contribution in [0.3, 0.4) is 0 Å². The first-order valence-corrected chi connectivity index (χ1v) is 7.58. The molecule has 1 amide bonds. The third kappa shape index (κ3) is 3.62. The van der Waals surface area contributed by atoms with E-state index in [0.717, 1.165) is 19.0 Å². The maximum absolute atomic E-state index is 12.1. The van der Waals surface area contributed by atoms with Crippen molar-refractivity contribution in [2.24, 2.45) is 23.5 Å². The van der Waals surface area contributed by atoms with E-state index in [2.05, 4.69) is 0 Å². The first-order valence-electron chi connectivity index (χ1n) is 7.58. The van der Waals surface area contributed by atoms with Gasteiger partial charge in [-0.05, 0) is 45.1 Å². The quantitative estimate of drug-likeness (QED) is 0.837. The van der Waals surface area contributed by atoms with Crippen molar-refractivity contribution in [1.82, 2.24) is 4.90 Å². The predicted octanol–water partition coefficient (Wildman–Crippen LogP) is 2.62. The molecule has 0 radical (unpaired) electrons. The molecule has 1 heterocycles. The molecule has 2 N–H and O–H groups in total. The Kier molecular flexibility index (Phi) is 4.39. The molecule has 1 aliphatic carbocycles. The molecule has 110 valence electrons. The largest absolute Gasteiger partial charge is 0.444 e. The van der Waals surface area contributed by atoms with Crippen molar-refractivity contribution < 1.29 is 9.53 Å². The molecule has 1 saturated carbocycles. The summed E-state index contributed by atoms with van der Waals surface area (Å²) in [5.74, 6) is 1.80. The number of ether oxygens (including phenoxy) is 1. The molecule has 2 aliphatic rings. The fourth-order valence-electron chi connectivity index (χ4n) is 3.54. The molecule has 0 spiro atoms. The zero-order valence-corrected chi connectivity index (χ0v) is 12.5. The smallest absolute Gasteiger partial charge is 0.410 e. The Morgan fingerprint density at radius 1 is 1.26 bits per heavy atom. The van der Waals surface area contributed by atoms with Crippen molar-refractivity contribution in [3.05, 3.63) is 0 Å². The second kappa shape index (κ2) is 5.70. The second-order valence-electron chi connectivity index (χ2n) is 7.09. The molecule has 1 aliphatic heterocycles. The predicted molar refractivity (Wildman–Crippen MR) is 75.8 cm³/mol. The molecule has 0 aromatic carbocycles. The lowest BCUT2D eigenvalue weighted by Gasteiger charge is -2.25. The van der Waals surface area contributed by atoms with Crippen LogP contribution in [0, 0.1) is 17.8 Å². The monoisotopic (exact) mass is 268 g/mol. The summed E-state index contributed by atoms with van der Waals surface area (Å²) < 4.78 is 5.47. The van der Waals surface area contributed by atoms with Gasteiger partial charge in [-0.25, -0.2) is 4.79 Å². The van der Waals surface area contributed by atoms with Crippen LogP contribution < -0.4 is 5.73 Å². The Hall–Kier alpha value is -0.770. The van der Waals surface area contributed by atoms with Crippen LogP contribution in [-0.2, 0) is 4.74 Å². The summed E-state index contributed by atoms with van der Waals surface area (Å²) in [4.78, 5) is 14.0. The van der Waals surface area contributed by atoms with E-state index in [9.17, 15) is 4.79 Å². The summed E-state index contributed by atoms with van der Waals surface area (Å²) in [7, 11) is 0. The first kappa shape index (κ1) is 14.6. The Labute approximate surface area is 116 Å².